The molecule has 0 atom stereocenters. The van der Waals surface area contributed by atoms with Crippen LogP contribution in [-0.2, 0) is 11.2 Å². The molecule has 1 N–H and O–H groups in total. The van der Waals surface area contributed by atoms with Crippen molar-refractivity contribution in [3.8, 4) is 17.2 Å². The molecule has 6 nitrogen and oxygen atoms in total. The van der Waals surface area contributed by atoms with Crippen molar-refractivity contribution in [2.24, 2.45) is 0 Å². The van der Waals surface area contributed by atoms with Crippen LogP contribution < -0.4 is 10.1 Å². The first-order valence-electron chi connectivity index (χ1n) is 7.27. The largest absolute Gasteiger partial charge is 0.496 e. The number of halogens is 2. The fourth-order valence-electron chi connectivity index (χ4n) is 2.18. The number of methoxy groups -OCH3 is 1. The Morgan fingerprint density at radius 1 is 1.32 bits per heavy atom. The number of nitrogens with one attached hydrogen (secondary N) is 1. The lowest BCUT2D eigenvalue weighted by Gasteiger charge is -2.04. The van der Waals surface area contributed by atoms with Crippen LogP contribution in [0, 0.1) is 5.82 Å². The average Bonchev–Trinajstić information content (AvgIpc) is 3.05. The molecule has 2 aromatic carbocycles. The summed E-state index contributed by atoms with van der Waals surface area (Å²) in [5.41, 5.74) is 0.607. The number of ether oxygens (including phenoxy) is 1. The van der Waals surface area contributed by atoms with Crippen LogP contribution in [0.4, 0.5) is 10.1 Å². The molecule has 0 fully saturated rings. The first-order valence-corrected chi connectivity index (χ1v) is 7.65. The minimum absolute atomic E-state index is 0.0905. The van der Waals surface area contributed by atoms with Crippen LogP contribution >= 0.6 is 11.6 Å². The maximum absolute atomic E-state index is 13.5. The maximum Gasteiger partial charge on any atom is 0.261 e. The van der Waals surface area contributed by atoms with E-state index in [1.165, 1.54) is 25.3 Å². The third kappa shape index (κ3) is 3.95. The molecular formula is C17H13ClFN3O3. The lowest BCUT2D eigenvalue weighted by Crippen LogP contribution is -2.16. The summed E-state index contributed by atoms with van der Waals surface area (Å²) in [5, 5.41) is 6.70. The third-order valence-corrected chi connectivity index (χ3v) is 3.56. The number of hydrogen-bond donors (Lipinski definition) is 1. The predicted octanol–water partition coefficient (Wildman–Crippen LogP) is 3.72. The van der Waals surface area contributed by atoms with Gasteiger partial charge in [-0.2, -0.15) is 4.98 Å². The van der Waals surface area contributed by atoms with Crippen molar-refractivity contribution in [3.05, 3.63) is 59.1 Å². The standard InChI is InChI=1S/C17H13ClFN3O3/c1-24-14-7-6-10(18)8-11(14)17-21-15(22-25-17)9-16(23)20-13-5-3-2-4-12(13)19/h2-8H,9H2,1H3,(H,20,23). The van der Waals surface area contributed by atoms with Crippen molar-refractivity contribution in [2.75, 3.05) is 12.4 Å². The Morgan fingerprint density at radius 3 is 2.88 bits per heavy atom. The van der Waals surface area contributed by atoms with E-state index in [0.717, 1.165) is 0 Å². The summed E-state index contributed by atoms with van der Waals surface area (Å²) in [7, 11) is 1.51. The summed E-state index contributed by atoms with van der Waals surface area (Å²) < 4.78 is 23.9. The van der Waals surface area contributed by atoms with Crippen molar-refractivity contribution >= 4 is 23.2 Å². The van der Waals surface area contributed by atoms with Gasteiger partial charge in [0, 0.05) is 5.02 Å². The zero-order chi connectivity index (χ0) is 17.8. The maximum atomic E-state index is 13.5. The number of hydrogen-bond acceptors (Lipinski definition) is 5. The number of amides is 1. The molecule has 0 aliphatic heterocycles. The molecular weight excluding hydrogens is 349 g/mol. The molecule has 0 saturated heterocycles. The lowest BCUT2D eigenvalue weighted by atomic mass is 10.2. The molecule has 128 valence electrons. The molecule has 0 aliphatic rings. The van der Waals surface area contributed by atoms with Crippen molar-refractivity contribution in [3.63, 3.8) is 0 Å². The molecule has 3 aromatic rings. The van der Waals surface area contributed by atoms with Crippen molar-refractivity contribution in [2.45, 2.75) is 6.42 Å². The smallest absolute Gasteiger partial charge is 0.261 e. The van der Waals surface area contributed by atoms with Gasteiger partial charge in [-0.05, 0) is 30.3 Å². The van der Waals surface area contributed by atoms with Crippen molar-refractivity contribution < 1.29 is 18.4 Å². The summed E-state index contributed by atoms with van der Waals surface area (Å²) in [4.78, 5) is 16.2. The Bertz CT molecular complexity index is 914. The van der Waals surface area contributed by atoms with Gasteiger partial charge in [-0.25, -0.2) is 4.39 Å². The number of nitrogens with zero attached hydrogens (tertiary/aromatic N) is 2. The highest BCUT2D eigenvalue weighted by Gasteiger charge is 2.17. The van der Waals surface area contributed by atoms with Gasteiger partial charge in [-0.3, -0.25) is 4.79 Å². The number of carbonyl (C=O) groups excluding carboxylic acids is 1. The van der Waals surface area contributed by atoms with Gasteiger partial charge in [0.2, 0.25) is 5.91 Å². The van der Waals surface area contributed by atoms with Crippen LogP contribution in [0.15, 0.2) is 47.0 Å². The highest BCUT2D eigenvalue weighted by atomic mass is 35.5. The molecule has 0 spiro atoms. The molecule has 1 heterocycles. The third-order valence-electron chi connectivity index (χ3n) is 3.33. The van der Waals surface area contributed by atoms with Crippen molar-refractivity contribution in [1.82, 2.24) is 10.1 Å². The first-order chi connectivity index (χ1) is 12.1. The van der Waals surface area contributed by atoms with E-state index in [1.807, 2.05) is 0 Å². The van der Waals surface area contributed by atoms with Gasteiger partial charge in [-0.15, -0.1) is 0 Å². The zero-order valence-corrected chi connectivity index (χ0v) is 13.9. The van der Waals surface area contributed by atoms with Crippen LogP contribution in [0.5, 0.6) is 5.75 Å². The van der Waals surface area contributed by atoms with Gasteiger partial charge in [0.15, 0.2) is 5.82 Å². The van der Waals surface area contributed by atoms with Gasteiger partial charge in [0.1, 0.15) is 11.6 Å². The number of anilines is 1. The monoisotopic (exact) mass is 361 g/mol. The second-order valence-corrected chi connectivity index (χ2v) is 5.50. The fraction of sp³-hybridized carbons (Fsp3) is 0.118. The topological polar surface area (TPSA) is 77.2 Å². The quantitative estimate of drug-likeness (QED) is 0.749. The molecule has 3 rings (SSSR count). The highest BCUT2D eigenvalue weighted by Crippen LogP contribution is 2.31. The van der Waals surface area contributed by atoms with Gasteiger partial charge in [0.05, 0.1) is 24.8 Å². The molecule has 25 heavy (non-hydrogen) atoms. The minimum atomic E-state index is -0.520. The van der Waals surface area contributed by atoms with E-state index in [0.29, 0.717) is 16.3 Å². The highest BCUT2D eigenvalue weighted by molar-refractivity contribution is 6.30. The van der Waals surface area contributed by atoms with E-state index >= 15 is 0 Å². The van der Waals surface area contributed by atoms with E-state index in [2.05, 4.69) is 15.5 Å². The zero-order valence-electron chi connectivity index (χ0n) is 13.1. The molecule has 8 heteroatoms. The van der Waals surface area contributed by atoms with Crippen LogP contribution in [0.25, 0.3) is 11.5 Å². The van der Waals surface area contributed by atoms with Crippen LogP contribution in [-0.4, -0.2) is 23.2 Å². The molecule has 0 aliphatic carbocycles. The first kappa shape index (κ1) is 16.9. The predicted molar refractivity (Wildman–Crippen MR) is 90.0 cm³/mol. The van der Waals surface area contributed by atoms with E-state index in [-0.39, 0.29) is 23.8 Å². The summed E-state index contributed by atoms with van der Waals surface area (Å²) in [6.07, 6.45) is -0.166. The summed E-state index contributed by atoms with van der Waals surface area (Å²) in [5.74, 6) is -0.141. The van der Waals surface area contributed by atoms with Gasteiger partial charge >= 0.3 is 0 Å². The molecule has 1 amide bonds. The second kappa shape index (κ2) is 7.31. The Morgan fingerprint density at radius 2 is 2.12 bits per heavy atom. The van der Waals surface area contributed by atoms with Crippen molar-refractivity contribution in [1.29, 1.82) is 0 Å². The van der Waals surface area contributed by atoms with Crippen LogP contribution in [0.3, 0.4) is 0 Å². The molecule has 0 unspecified atom stereocenters. The Balaban J connectivity index is 1.75. The van der Waals surface area contributed by atoms with Crippen LogP contribution in [0.2, 0.25) is 5.02 Å². The summed E-state index contributed by atoms with van der Waals surface area (Å²) >= 11 is 5.97. The fourth-order valence-corrected chi connectivity index (χ4v) is 2.36. The number of para-hydroxylation sites is 1. The van der Waals surface area contributed by atoms with Gasteiger partial charge in [0.25, 0.3) is 5.89 Å². The lowest BCUT2D eigenvalue weighted by molar-refractivity contribution is -0.115. The molecule has 1 aromatic heterocycles. The van der Waals surface area contributed by atoms with E-state index in [4.69, 9.17) is 20.9 Å². The Kier molecular flexibility index (Phi) is 4.95. The minimum Gasteiger partial charge on any atom is -0.496 e. The number of benzene rings is 2. The summed E-state index contributed by atoms with van der Waals surface area (Å²) in [6, 6.07) is 10.8. The Labute approximate surface area is 147 Å². The molecule has 0 saturated carbocycles. The van der Waals surface area contributed by atoms with Crippen LogP contribution in [0.1, 0.15) is 5.82 Å². The molecule has 0 bridgehead atoms. The summed E-state index contributed by atoms with van der Waals surface area (Å²) in [6.45, 7) is 0. The average molecular weight is 362 g/mol. The van der Waals surface area contributed by atoms with E-state index < -0.39 is 11.7 Å². The number of rotatable bonds is 5. The normalized spacial score (nSPS) is 10.5. The van der Waals surface area contributed by atoms with Gasteiger partial charge in [-0.1, -0.05) is 28.9 Å². The molecule has 0 radical (unpaired) electrons. The SMILES string of the molecule is COc1ccc(Cl)cc1-c1nc(CC(=O)Nc2ccccc2F)no1. The Hall–Kier alpha value is -2.93. The van der Waals surface area contributed by atoms with E-state index in [1.54, 1.807) is 24.3 Å². The number of aromatic nitrogens is 2. The second-order valence-electron chi connectivity index (χ2n) is 5.07. The van der Waals surface area contributed by atoms with E-state index in [9.17, 15) is 9.18 Å². The van der Waals surface area contributed by atoms with Gasteiger partial charge < -0.3 is 14.6 Å². The number of carbonyl (C=O) groups is 1.